The van der Waals surface area contributed by atoms with Crippen molar-refractivity contribution in [3.63, 3.8) is 0 Å². The van der Waals surface area contributed by atoms with Gasteiger partial charge in [0.15, 0.2) is 0 Å². The number of carbonyl (C=O) groups is 1. The fourth-order valence-electron chi connectivity index (χ4n) is 6.00. The highest BCUT2D eigenvalue weighted by molar-refractivity contribution is 7.89. The molecule has 2 saturated carbocycles. The van der Waals surface area contributed by atoms with Crippen LogP contribution >= 0.6 is 0 Å². The van der Waals surface area contributed by atoms with E-state index in [0.29, 0.717) is 19.4 Å². The summed E-state index contributed by atoms with van der Waals surface area (Å²) in [5.74, 6) is 0.872. The predicted molar refractivity (Wildman–Crippen MR) is 194 cm³/mol. The Morgan fingerprint density at radius 2 is 1.73 bits per heavy atom. The van der Waals surface area contributed by atoms with E-state index in [2.05, 4.69) is 27.0 Å². The van der Waals surface area contributed by atoms with Crippen molar-refractivity contribution in [1.82, 2.24) is 25.2 Å². The topological polar surface area (TPSA) is 214 Å². The Hall–Kier alpha value is -3.67. The highest BCUT2D eigenvalue weighted by Gasteiger charge is 2.46. The predicted octanol–water partition coefficient (Wildman–Crippen LogP) is 1.51. The monoisotopic (exact) mass is 741 g/mol. The summed E-state index contributed by atoms with van der Waals surface area (Å²) in [5, 5.41) is 56.4. The minimum absolute atomic E-state index is 0.199. The lowest BCUT2D eigenvalue weighted by molar-refractivity contribution is -0.113. The van der Waals surface area contributed by atoms with Crippen molar-refractivity contribution in [2.75, 3.05) is 33.3 Å². The van der Waals surface area contributed by atoms with Crippen molar-refractivity contribution in [3.05, 3.63) is 77.6 Å². The molecular formula is C37H51N5O9S. The van der Waals surface area contributed by atoms with Crippen LogP contribution in [-0.2, 0) is 22.1 Å². The lowest BCUT2D eigenvalue weighted by atomic mass is 9.94. The van der Waals surface area contributed by atoms with Gasteiger partial charge < -0.3 is 46.2 Å². The third-order valence-corrected chi connectivity index (χ3v) is 11.6. The summed E-state index contributed by atoms with van der Waals surface area (Å²) >= 11 is 0. The van der Waals surface area contributed by atoms with E-state index in [1.807, 2.05) is 43.5 Å². The number of unbranched alkanes of at least 4 members (excludes halogenated alkanes) is 1. The summed E-state index contributed by atoms with van der Waals surface area (Å²) in [6.45, 7) is 1.68. The Balaban J connectivity index is 1.12. The minimum Gasteiger partial charge on any atom is -0.490 e. The Morgan fingerprint density at radius 3 is 2.44 bits per heavy atom. The van der Waals surface area contributed by atoms with Crippen molar-refractivity contribution in [2.45, 2.75) is 92.9 Å². The molecule has 3 aromatic rings. The average molecular weight is 742 g/mol. The van der Waals surface area contributed by atoms with Gasteiger partial charge in [0.05, 0.1) is 23.7 Å². The van der Waals surface area contributed by atoms with Gasteiger partial charge in [-0.25, -0.2) is 17.5 Å². The average Bonchev–Trinajstić information content (AvgIpc) is 4.10. The number of nitrogens with one attached hydrogen (secondary N) is 3. The molecule has 14 nitrogen and oxygen atoms in total. The third-order valence-electron chi connectivity index (χ3n) is 9.71. The number of carbonyl (C=O) groups excluding carboxylic acids is 1. The number of sulfonamides is 1. The van der Waals surface area contributed by atoms with E-state index in [-0.39, 0.29) is 29.6 Å². The first-order chi connectivity index (χ1) is 24.9. The molecule has 0 radical (unpaired) electrons. The SMILES string of the molecule is Cc1ccc(S(=O)(=O)N(C)CCCCNC(=O)NCC(O)C(O)C(O)C(O)CO)cc1CNC1(c2cnccc2-c2ccccc2OC2CC2)CC1. The fourth-order valence-corrected chi connectivity index (χ4v) is 7.26. The summed E-state index contributed by atoms with van der Waals surface area (Å²) in [6.07, 6.45) is 2.14. The zero-order valence-corrected chi connectivity index (χ0v) is 30.4. The lowest BCUT2D eigenvalue weighted by Gasteiger charge is -2.25. The van der Waals surface area contributed by atoms with Crippen LogP contribution in [0.4, 0.5) is 4.79 Å². The van der Waals surface area contributed by atoms with Crippen LogP contribution in [0.2, 0.25) is 0 Å². The molecule has 2 amide bonds. The highest BCUT2D eigenvalue weighted by atomic mass is 32.2. The van der Waals surface area contributed by atoms with Crippen molar-refractivity contribution in [3.8, 4) is 16.9 Å². The van der Waals surface area contributed by atoms with Crippen molar-refractivity contribution >= 4 is 16.1 Å². The largest absolute Gasteiger partial charge is 0.490 e. The summed E-state index contributed by atoms with van der Waals surface area (Å²) in [6, 6.07) is 14.7. The number of urea groups is 1. The van der Waals surface area contributed by atoms with Crippen LogP contribution in [0.5, 0.6) is 5.75 Å². The maximum absolute atomic E-state index is 13.5. The number of aliphatic hydroxyl groups excluding tert-OH is 5. The number of hydrogen-bond donors (Lipinski definition) is 8. The van der Waals surface area contributed by atoms with Crippen molar-refractivity contribution < 1.29 is 43.5 Å². The molecule has 5 rings (SSSR count). The first-order valence-electron chi connectivity index (χ1n) is 17.7. The van der Waals surface area contributed by atoms with Crippen LogP contribution < -0.4 is 20.7 Å². The third kappa shape index (κ3) is 9.85. The molecule has 4 atom stereocenters. The Morgan fingerprint density at radius 1 is 1.00 bits per heavy atom. The molecule has 284 valence electrons. The molecule has 1 aromatic heterocycles. The second kappa shape index (κ2) is 17.4. The number of rotatable bonds is 20. The van der Waals surface area contributed by atoms with Crippen LogP contribution in [0.1, 0.15) is 55.2 Å². The van der Waals surface area contributed by atoms with E-state index < -0.39 is 53.6 Å². The molecular weight excluding hydrogens is 690 g/mol. The standard InChI is InChI=1S/C37H51N5O9S/c1-24-9-12-27(52(49,50)42(2)18-6-5-16-39-36(48)40-22-31(44)34(46)35(47)32(45)23-43)19-25(24)20-41-37(14-15-37)30-21-38-17-13-28(30)29-7-3-4-8-33(29)51-26-10-11-26/h3-4,7-9,12-13,17,19,21,26,31-32,34-35,41,43-47H,5-6,10-11,14-16,18,20,22-23H2,1-2H3,(H2,39,40,48). The first kappa shape index (κ1) is 39.5. The molecule has 2 aliphatic carbocycles. The smallest absolute Gasteiger partial charge is 0.314 e. The van der Waals surface area contributed by atoms with Gasteiger partial charge in [0, 0.05) is 56.7 Å². The van der Waals surface area contributed by atoms with E-state index in [1.54, 1.807) is 18.3 Å². The summed E-state index contributed by atoms with van der Waals surface area (Å²) in [4.78, 5) is 16.7. The molecule has 2 fully saturated rings. The molecule has 0 spiro atoms. The van der Waals surface area contributed by atoms with Crippen LogP contribution in [0, 0.1) is 6.92 Å². The van der Waals surface area contributed by atoms with E-state index in [9.17, 15) is 33.6 Å². The first-order valence-corrected chi connectivity index (χ1v) is 19.2. The number of aromatic nitrogens is 1. The molecule has 0 saturated heterocycles. The summed E-state index contributed by atoms with van der Waals surface area (Å²) < 4.78 is 34.6. The molecule has 15 heteroatoms. The number of para-hydroxylation sites is 1. The number of aryl methyl sites for hydroxylation is 1. The number of benzene rings is 2. The van der Waals surface area contributed by atoms with Gasteiger partial charge in [-0.3, -0.25) is 4.98 Å². The van der Waals surface area contributed by atoms with Crippen molar-refractivity contribution in [1.29, 1.82) is 0 Å². The van der Waals surface area contributed by atoms with Crippen LogP contribution in [0.25, 0.3) is 11.1 Å². The van der Waals surface area contributed by atoms with E-state index in [1.165, 1.54) is 11.4 Å². The molecule has 2 aromatic carbocycles. The Bertz CT molecular complexity index is 1770. The van der Waals surface area contributed by atoms with E-state index >= 15 is 0 Å². The Labute approximate surface area is 304 Å². The number of hydrogen-bond acceptors (Lipinski definition) is 11. The maximum Gasteiger partial charge on any atom is 0.314 e. The normalized spacial score (nSPS) is 17.6. The quantitative estimate of drug-likeness (QED) is 0.0778. The van der Waals surface area contributed by atoms with Crippen molar-refractivity contribution in [2.24, 2.45) is 0 Å². The van der Waals surface area contributed by atoms with Crippen LogP contribution in [0.15, 0.2) is 65.8 Å². The molecule has 52 heavy (non-hydrogen) atoms. The van der Waals surface area contributed by atoms with E-state index in [0.717, 1.165) is 59.3 Å². The van der Waals surface area contributed by atoms with Gasteiger partial charge >= 0.3 is 6.03 Å². The molecule has 2 aliphatic rings. The zero-order valence-electron chi connectivity index (χ0n) is 29.6. The zero-order chi connectivity index (χ0) is 37.5. The number of aliphatic hydroxyl groups is 5. The van der Waals surface area contributed by atoms with Crippen LogP contribution in [-0.4, -0.2) is 113 Å². The summed E-state index contributed by atoms with van der Waals surface area (Å²) in [7, 11) is -2.27. The molecule has 4 unspecified atom stereocenters. The van der Waals surface area contributed by atoms with Gasteiger partial charge in [0.2, 0.25) is 10.0 Å². The van der Waals surface area contributed by atoms with Gasteiger partial charge in [-0.1, -0.05) is 24.3 Å². The molecule has 0 bridgehead atoms. The maximum atomic E-state index is 13.5. The lowest BCUT2D eigenvalue weighted by Crippen LogP contribution is -2.50. The van der Waals surface area contributed by atoms with Gasteiger partial charge in [0.25, 0.3) is 0 Å². The highest BCUT2D eigenvalue weighted by Crippen LogP contribution is 2.50. The second-order valence-corrected chi connectivity index (χ2v) is 15.8. The Kier molecular flexibility index (Phi) is 13.3. The van der Waals surface area contributed by atoms with Gasteiger partial charge in [0.1, 0.15) is 24.1 Å². The molecule has 1 heterocycles. The number of pyridine rings is 1. The second-order valence-electron chi connectivity index (χ2n) is 13.7. The molecule has 0 aliphatic heterocycles. The number of nitrogens with zero attached hydrogens (tertiary/aromatic N) is 2. The number of ether oxygens (including phenoxy) is 1. The van der Waals surface area contributed by atoms with E-state index in [4.69, 9.17) is 9.84 Å². The number of amides is 2. The van der Waals surface area contributed by atoms with Crippen LogP contribution in [0.3, 0.4) is 0 Å². The van der Waals surface area contributed by atoms with Gasteiger partial charge in [-0.15, -0.1) is 0 Å². The fraction of sp³-hybridized carbons (Fsp3) is 0.514. The van der Waals surface area contributed by atoms with Gasteiger partial charge in [-0.05, 0) is 92.0 Å². The summed E-state index contributed by atoms with van der Waals surface area (Å²) in [5.41, 5.74) is 4.79. The minimum atomic E-state index is -3.79. The molecule has 8 N–H and O–H groups in total. The van der Waals surface area contributed by atoms with Gasteiger partial charge in [-0.2, -0.15) is 0 Å².